The lowest BCUT2D eigenvalue weighted by Gasteiger charge is -2.11. The van der Waals surface area contributed by atoms with Gasteiger partial charge in [0.2, 0.25) is 0 Å². The first-order chi connectivity index (χ1) is 11.0. The van der Waals surface area contributed by atoms with Crippen LogP contribution >= 0.6 is 0 Å². The Balaban J connectivity index is 1.85. The number of carbonyl (C=O) groups is 1. The van der Waals surface area contributed by atoms with Crippen molar-refractivity contribution in [2.45, 2.75) is 26.9 Å². The summed E-state index contributed by atoms with van der Waals surface area (Å²) in [5, 5.41) is 5.62. The van der Waals surface area contributed by atoms with Crippen LogP contribution in [-0.2, 0) is 13.1 Å². The summed E-state index contributed by atoms with van der Waals surface area (Å²) >= 11 is 0. The fourth-order valence-electron chi connectivity index (χ4n) is 2.27. The van der Waals surface area contributed by atoms with Crippen LogP contribution in [0.5, 0.6) is 11.5 Å². The van der Waals surface area contributed by atoms with Gasteiger partial charge in [0.25, 0.3) is 0 Å². The Morgan fingerprint density at radius 3 is 2.35 bits per heavy atom. The van der Waals surface area contributed by atoms with Crippen molar-refractivity contribution >= 4 is 6.03 Å². The molecule has 0 aliphatic heterocycles. The average molecular weight is 318 g/mol. The molecule has 0 bridgehead atoms. The summed E-state index contributed by atoms with van der Waals surface area (Å²) < 4.78 is 15.9. The molecule has 0 unspecified atom stereocenters. The Morgan fingerprint density at radius 2 is 1.74 bits per heavy atom. The molecule has 2 N–H and O–H groups in total. The molecule has 23 heavy (non-hydrogen) atoms. The highest BCUT2D eigenvalue weighted by molar-refractivity contribution is 5.73. The lowest BCUT2D eigenvalue weighted by atomic mass is 10.2. The van der Waals surface area contributed by atoms with Crippen molar-refractivity contribution in [1.29, 1.82) is 0 Å². The molecule has 0 aliphatic rings. The van der Waals surface area contributed by atoms with E-state index in [2.05, 4.69) is 10.6 Å². The molecule has 2 rings (SSSR count). The first-order valence-corrected chi connectivity index (χ1v) is 7.32. The number of amides is 2. The van der Waals surface area contributed by atoms with Crippen LogP contribution in [0.15, 0.2) is 28.7 Å². The summed E-state index contributed by atoms with van der Waals surface area (Å²) in [6.07, 6.45) is 0. The molecule has 1 heterocycles. The summed E-state index contributed by atoms with van der Waals surface area (Å²) in [5.41, 5.74) is 1.90. The Bertz CT molecular complexity index is 679. The fourth-order valence-corrected chi connectivity index (χ4v) is 2.27. The van der Waals surface area contributed by atoms with E-state index in [9.17, 15) is 4.79 Å². The summed E-state index contributed by atoms with van der Waals surface area (Å²) in [5.74, 6) is 2.95. The molecule has 0 aliphatic carbocycles. The van der Waals surface area contributed by atoms with E-state index in [1.807, 2.05) is 38.1 Å². The van der Waals surface area contributed by atoms with Gasteiger partial charge in [0, 0.05) is 18.7 Å². The molecule has 6 heteroatoms. The number of hydrogen-bond acceptors (Lipinski definition) is 4. The minimum absolute atomic E-state index is 0.238. The summed E-state index contributed by atoms with van der Waals surface area (Å²) in [7, 11) is 3.17. The van der Waals surface area contributed by atoms with E-state index in [0.717, 1.165) is 22.6 Å². The third kappa shape index (κ3) is 4.42. The van der Waals surface area contributed by atoms with Gasteiger partial charge in [-0.2, -0.15) is 0 Å². The second kappa shape index (κ2) is 7.58. The van der Waals surface area contributed by atoms with Gasteiger partial charge in [0.1, 0.15) is 11.5 Å². The number of benzene rings is 1. The van der Waals surface area contributed by atoms with Crippen LogP contribution in [0.4, 0.5) is 4.79 Å². The molecule has 124 valence electrons. The van der Waals surface area contributed by atoms with Crippen LogP contribution in [-0.4, -0.2) is 20.3 Å². The molecule has 0 atom stereocenters. The Hall–Kier alpha value is -2.63. The maximum atomic E-state index is 11.9. The molecule has 0 radical (unpaired) electrons. The predicted molar refractivity (Wildman–Crippen MR) is 86.8 cm³/mol. The molecule has 2 aromatic rings. The highest BCUT2D eigenvalue weighted by Gasteiger charge is 2.08. The van der Waals surface area contributed by atoms with Crippen molar-refractivity contribution in [2.24, 2.45) is 0 Å². The van der Waals surface area contributed by atoms with E-state index in [4.69, 9.17) is 13.9 Å². The Labute approximate surface area is 135 Å². The van der Waals surface area contributed by atoms with Crippen molar-refractivity contribution < 1.29 is 18.7 Å². The third-order valence-corrected chi connectivity index (χ3v) is 3.48. The highest BCUT2D eigenvalue weighted by atomic mass is 16.5. The topological polar surface area (TPSA) is 72.7 Å². The first kappa shape index (κ1) is 16.7. The van der Waals surface area contributed by atoms with Crippen LogP contribution in [0.1, 0.15) is 22.6 Å². The number of aryl methyl sites for hydroxylation is 2. The second-order valence-corrected chi connectivity index (χ2v) is 5.16. The van der Waals surface area contributed by atoms with E-state index < -0.39 is 0 Å². The van der Waals surface area contributed by atoms with E-state index in [0.29, 0.717) is 24.6 Å². The SMILES string of the molecule is COc1ccc(CNC(=O)NCc2cc(C)oc2C)cc1OC. The molecule has 0 saturated heterocycles. The van der Waals surface area contributed by atoms with Crippen molar-refractivity contribution in [2.75, 3.05) is 14.2 Å². The van der Waals surface area contributed by atoms with Crippen molar-refractivity contribution in [3.63, 3.8) is 0 Å². The highest BCUT2D eigenvalue weighted by Crippen LogP contribution is 2.27. The second-order valence-electron chi connectivity index (χ2n) is 5.16. The van der Waals surface area contributed by atoms with Gasteiger partial charge >= 0.3 is 6.03 Å². The van der Waals surface area contributed by atoms with Gasteiger partial charge < -0.3 is 24.5 Å². The van der Waals surface area contributed by atoms with Crippen LogP contribution in [0.25, 0.3) is 0 Å². The number of furan rings is 1. The third-order valence-electron chi connectivity index (χ3n) is 3.48. The quantitative estimate of drug-likeness (QED) is 0.859. The molecule has 1 aromatic heterocycles. The first-order valence-electron chi connectivity index (χ1n) is 7.32. The van der Waals surface area contributed by atoms with Gasteiger partial charge in [-0.1, -0.05) is 6.07 Å². The minimum atomic E-state index is -0.238. The number of hydrogen-bond donors (Lipinski definition) is 2. The lowest BCUT2D eigenvalue weighted by molar-refractivity contribution is 0.240. The largest absolute Gasteiger partial charge is 0.493 e. The number of rotatable bonds is 6. The smallest absolute Gasteiger partial charge is 0.315 e. The summed E-state index contributed by atoms with van der Waals surface area (Å²) in [4.78, 5) is 11.9. The van der Waals surface area contributed by atoms with Gasteiger partial charge in [-0.05, 0) is 37.6 Å². The van der Waals surface area contributed by atoms with Crippen LogP contribution in [0.2, 0.25) is 0 Å². The van der Waals surface area contributed by atoms with Crippen LogP contribution < -0.4 is 20.1 Å². The zero-order valence-electron chi connectivity index (χ0n) is 13.9. The minimum Gasteiger partial charge on any atom is -0.493 e. The number of urea groups is 1. The molecule has 0 saturated carbocycles. The van der Waals surface area contributed by atoms with E-state index in [1.165, 1.54) is 0 Å². The molecular weight excluding hydrogens is 296 g/mol. The normalized spacial score (nSPS) is 10.3. The van der Waals surface area contributed by atoms with E-state index in [-0.39, 0.29) is 6.03 Å². The molecule has 0 fully saturated rings. The monoisotopic (exact) mass is 318 g/mol. The Kier molecular flexibility index (Phi) is 5.51. The molecule has 2 amide bonds. The van der Waals surface area contributed by atoms with Gasteiger partial charge in [0.15, 0.2) is 11.5 Å². The van der Waals surface area contributed by atoms with Gasteiger partial charge in [0.05, 0.1) is 14.2 Å². The van der Waals surface area contributed by atoms with Gasteiger partial charge in [-0.3, -0.25) is 0 Å². The number of ether oxygens (including phenoxy) is 2. The number of nitrogens with one attached hydrogen (secondary N) is 2. The van der Waals surface area contributed by atoms with Gasteiger partial charge in [-0.25, -0.2) is 4.79 Å². The van der Waals surface area contributed by atoms with Crippen LogP contribution in [0.3, 0.4) is 0 Å². The molecular formula is C17H22N2O4. The zero-order chi connectivity index (χ0) is 16.8. The molecule has 0 spiro atoms. The maximum Gasteiger partial charge on any atom is 0.315 e. The molecule has 1 aromatic carbocycles. The van der Waals surface area contributed by atoms with Crippen molar-refractivity contribution in [3.05, 3.63) is 46.9 Å². The number of carbonyl (C=O) groups excluding carboxylic acids is 1. The van der Waals surface area contributed by atoms with Crippen LogP contribution in [0, 0.1) is 13.8 Å². The Morgan fingerprint density at radius 1 is 1.04 bits per heavy atom. The van der Waals surface area contributed by atoms with E-state index >= 15 is 0 Å². The van der Waals surface area contributed by atoms with Crippen molar-refractivity contribution in [3.8, 4) is 11.5 Å². The maximum absolute atomic E-state index is 11.9. The summed E-state index contributed by atoms with van der Waals surface area (Å²) in [6, 6.07) is 7.21. The van der Waals surface area contributed by atoms with Crippen molar-refractivity contribution in [1.82, 2.24) is 10.6 Å². The number of methoxy groups -OCH3 is 2. The fraction of sp³-hybridized carbons (Fsp3) is 0.353. The molecule has 6 nitrogen and oxygen atoms in total. The predicted octanol–water partition coefficient (Wildman–Crippen LogP) is 2.91. The average Bonchev–Trinajstić information content (AvgIpc) is 2.88. The van der Waals surface area contributed by atoms with Gasteiger partial charge in [-0.15, -0.1) is 0 Å². The van der Waals surface area contributed by atoms with E-state index in [1.54, 1.807) is 14.2 Å². The standard InChI is InChI=1S/C17H22N2O4/c1-11-7-14(12(2)23-11)10-19-17(20)18-9-13-5-6-15(21-3)16(8-13)22-4/h5-8H,9-10H2,1-4H3,(H2,18,19,20). The zero-order valence-corrected chi connectivity index (χ0v) is 13.9. The summed E-state index contributed by atoms with van der Waals surface area (Å²) in [6.45, 7) is 4.59. The lowest BCUT2D eigenvalue weighted by Crippen LogP contribution is -2.34.